The summed E-state index contributed by atoms with van der Waals surface area (Å²) in [6, 6.07) is 12.7. The maximum atomic E-state index is 6.42. The lowest BCUT2D eigenvalue weighted by atomic mass is 9.95. The van der Waals surface area contributed by atoms with Crippen LogP contribution < -0.4 is 5.73 Å². The summed E-state index contributed by atoms with van der Waals surface area (Å²) in [6.45, 7) is 4.02. The van der Waals surface area contributed by atoms with Gasteiger partial charge in [-0.05, 0) is 63.1 Å². The Labute approximate surface area is 192 Å². The molecule has 0 bridgehead atoms. The number of nitrogens with two attached hydrogens (primary N) is 1. The molecule has 6 rings (SSSR count). The normalized spacial score (nSPS) is 26.2. The Morgan fingerprint density at radius 3 is 2.82 bits per heavy atom. The molecule has 1 saturated carbocycles. The summed E-state index contributed by atoms with van der Waals surface area (Å²) in [7, 11) is 0. The lowest BCUT2D eigenvalue weighted by molar-refractivity contribution is -0.160. The van der Waals surface area contributed by atoms with Crippen molar-refractivity contribution < 1.29 is 9.47 Å². The number of pyridine rings is 1. The molecule has 3 aromatic heterocycles. The summed E-state index contributed by atoms with van der Waals surface area (Å²) in [5.74, 6) is 0.349. The minimum absolute atomic E-state index is 0.00369. The maximum Gasteiger partial charge on any atom is 0.163 e. The van der Waals surface area contributed by atoms with Gasteiger partial charge in [0, 0.05) is 17.8 Å². The molecule has 7 heteroatoms. The smallest absolute Gasteiger partial charge is 0.163 e. The molecule has 4 heterocycles. The highest BCUT2D eigenvalue weighted by molar-refractivity contribution is 5.86. The van der Waals surface area contributed by atoms with Crippen LogP contribution in [0.25, 0.3) is 21.9 Å². The molecule has 1 aliphatic heterocycles. The third-order valence-electron chi connectivity index (χ3n) is 7.19. The van der Waals surface area contributed by atoms with Crippen LogP contribution in [0, 0.1) is 5.92 Å². The number of nitrogen functional groups attached to an aromatic ring is 1. The Balaban J connectivity index is 1.23. The van der Waals surface area contributed by atoms with Crippen molar-refractivity contribution in [2.45, 2.75) is 63.6 Å². The summed E-state index contributed by atoms with van der Waals surface area (Å²) in [6.07, 6.45) is 9.71. The zero-order valence-corrected chi connectivity index (χ0v) is 19.0. The van der Waals surface area contributed by atoms with Gasteiger partial charge in [-0.1, -0.05) is 24.3 Å². The Hall–Kier alpha value is -3.03. The van der Waals surface area contributed by atoms with Gasteiger partial charge in [0.2, 0.25) is 0 Å². The summed E-state index contributed by atoms with van der Waals surface area (Å²) in [5.41, 5.74) is 9.37. The molecule has 1 aromatic carbocycles. The standard InChI is InChI=1S/C26H29N5O2/c1-26(2)32-22-18(9-4-8-16-6-3-7-17-10-5-12-28-21(16)17)14-20(23(22)33-26)31-13-11-19-24(27)29-15-30-25(19)31/h3,5-7,10-13,15,18,20,22-23H,4,8-9,14H2,1-2H3,(H2,27,29,30)/t18-,20+,22+,23-/m0/s1. The zero-order chi connectivity index (χ0) is 22.6. The third-order valence-corrected chi connectivity index (χ3v) is 7.19. The average Bonchev–Trinajstić information content (AvgIpc) is 3.46. The Kier molecular flexibility index (Phi) is 4.85. The number of aromatic nitrogens is 4. The van der Waals surface area contributed by atoms with Crippen LogP contribution in [0.1, 0.15) is 44.7 Å². The van der Waals surface area contributed by atoms with E-state index in [0.29, 0.717) is 11.7 Å². The van der Waals surface area contributed by atoms with Crippen LogP contribution in [0.3, 0.4) is 0 Å². The molecule has 2 N–H and O–H groups in total. The molecule has 33 heavy (non-hydrogen) atoms. The van der Waals surface area contributed by atoms with Crippen molar-refractivity contribution in [3.63, 3.8) is 0 Å². The van der Waals surface area contributed by atoms with E-state index in [1.54, 1.807) is 0 Å². The molecule has 0 spiro atoms. The summed E-state index contributed by atoms with van der Waals surface area (Å²) in [5, 5.41) is 2.09. The molecule has 0 radical (unpaired) electrons. The van der Waals surface area contributed by atoms with Crippen molar-refractivity contribution in [3.05, 3.63) is 60.7 Å². The van der Waals surface area contributed by atoms with E-state index < -0.39 is 5.79 Å². The number of hydrogen-bond acceptors (Lipinski definition) is 6. The average molecular weight is 444 g/mol. The number of aryl methyl sites for hydroxylation is 1. The van der Waals surface area contributed by atoms with Gasteiger partial charge in [0.15, 0.2) is 5.79 Å². The number of benzene rings is 1. The second kappa shape index (κ2) is 7.78. The second-order valence-electron chi connectivity index (χ2n) is 9.73. The Morgan fingerprint density at radius 2 is 1.91 bits per heavy atom. The molecule has 2 fully saturated rings. The van der Waals surface area contributed by atoms with Crippen LogP contribution >= 0.6 is 0 Å². The van der Waals surface area contributed by atoms with E-state index in [4.69, 9.17) is 15.2 Å². The molecular formula is C26H29N5O2. The zero-order valence-electron chi connectivity index (χ0n) is 19.0. The van der Waals surface area contributed by atoms with Gasteiger partial charge in [0.05, 0.1) is 23.0 Å². The number of rotatable bonds is 5. The molecule has 170 valence electrons. The molecule has 0 unspecified atom stereocenters. The molecule has 4 aromatic rings. The summed E-state index contributed by atoms with van der Waals surface area (Å²) >= 11 is 0. The molecule has 4 atom stereocenters. The highest BCUT2D eigenvalue weighted by Gasteiger charge is 2.54. The van der Waals surface area contributed by atoms with E-state index >= 15 is 0 Å². The number of ether oxygens (including phenoxy) is 2. The quantitative estimate of drug-likeness (QED) is 0.482. The topological polar surface area (TPSA) is 88.1 Å². The first-order valence-corrected chi connectivity index (χ1v) is 11.8. The lowest BCUT2D eigenvalue weighted by Gasteiger charge is -2.24. The first-order chi connectivity index (χ1) is 16.0. The Bertz CT molecular complexity index is 1310. The highest BCUT2D eigenvalue weighted by Crippen LogP contribution is 2.49. The molecule has 2 aliphatic rings. The van der Waals surface area contributed by atoms with Crippen molar-refractivity contribution in [3.8, 4) is 0 Å². The van der Waals surface area contributed by atoms with Gasteiger partial charge in [0.25, 0.3) is 0 Å². The number of hydrogen-bond donors (Lipinski definition) is 1. The van der Waals surface area contributed by atoms with Gasteiger partial charge in [-0.2, -0.15) is 0 Å². The van der Waals surface area contributed by atoms with E-state index in [0.717, 1.165) is 42.2 Å². The van der Waals surface area contributed by atoms with Gasteiger partial charge in [-0.25, -0.2) is 9.97 Å². The Morgan fingerprint density at radius 1 is 1.06 bits per heavy atom. The number of fused-ring (bicyclic) bond motifs is 3. The fourth-order valence-corrected chi connectivity index (χ4v) is 5.79. The van der Waals surface area contributed by atoms with Crippen LogP contribution in [0.2, 0.25) is 0 Å². The maximum absolute atomic E-state index is 6.42. The SMILES string of the molecule is CC1(C)O[C@@H]2[C@@H](CCCc3cccc4cccnc34)C[C@@H](n3ccc4c(N)ncnc43)[C@@H]2O1. The van der Waals surface area contributed by atoms with Crippen molar-refractivity contribution in [2.24, 2.45) is 5.92 Å². The fraction of sp³-hybridized carbons (Fsp3) is 0.423. The number of anilines is 1. The van der Waals surface area contributed by atoms with Gasteiger partial charge >= 0.3 is 0 Å². The van der Waals surface area contributed by atoms with Gasteiger partial charge in [-0.3, -0.25) is 4.98 Å². The number of para-hydroxylation sites is 1. The predicted octanol–water partition coefficient (Wildman–Crippen LogP) is 4.67. The lowest BCUT2D eigenvalue weighted by Crippen LogP contribution is -2.27. The molecular weight excluding hydrogens is 414 g/mol. The largest absolute Gasteiger partial charge is 0.383 e. The van der Waals surface area contributed by atoms with Crippen LogP contribution in [0.4, 0.5) is 5.82 Å². The first kappa shape index (κ1) is 20.6. The molecule has 0 amide bonds. The minimum Gasteiger partial charge on any atom is -0.383 e. The van der Waals surface area contributed by atoms with Crippen LogP contribution in [-0.4, -0.2) is 37.5 Å². The van der Waals surface area contributed by atoms with Crippen LogP contribution in [0.5, 0.6) is 0 Å². The molecule has 1 saturated heterocycles. The van der Waals surface area contributed by atoms with Crippen molar-refractivity contribution >= 4 is 27.8 Å². The summed E-state index contributed by atoms with van der Waals surface area (Å²) in [4.78, 5) is 13.3. The first-order valence-electron chi connectivity index (χ1n) is 11.8. The highest BCUT2D eigenvalue weighted by atomic mass is 16.8. The van der Waals surface area contributed by atoms with Crippen molar-refractivity contribution in [2.75, 3.05) is 5.73 Å². The second-order valence-corrected chi connectivity index (χ2v) is 9.73. The van der Waals surface area contributed by atoms with Gasteiger partial charge in [0.1, 0.15) is 23.9 Å². The molecule has 7 nitrogen and oxygen atoms in total. The minimum atomic E-state index is -0.581. The predicted molar refractivity (Wildman–Crippen MR) is 128 cm³/mol. The van der Waals surface area contributed by atoms with Gasteiger partial charge < -0.3 is 19.8 Å². The van der Waals surface area contributed by atoms with Crippen LogP contribution in [0.15, 0.2) is 55.1 Å². The number of nitrogens with zero attached hydrogens (tertiary/aromatic N) is 4. The van der Waals surface area contributed by atoms with Crippen LogP contribution in [-0.2, 0) is 15.9 Å². The van der Waals surface area contributed by atoms with Crippen molar-refractivity contribution in [1.29, 1.82) is 0 Å². The van der Waals surface area contributed by atoms with E-state index in [1.165, 1.54) is 17.3 Å². The van der Waals surface area contributed by atoms with Gasteiger partial charge in [-0.15, -0.1) is 0 Å². The van der Waals surface area contributed by atoms with E-state index in [2.05, 4.69) is 50.0 Å². The van der Waals surface area contributed by atoms with E-state index in [-0.39, 0.29) is 18.2 Å². The van der Waals surface area contributed by atoms with E-state index in [1.807, 2.05) is 32.2 Å². The fourth-order valence-electron chi connectivity index (χ4n) is 5.79. The summed E-state index contributed by atoms with van der Waals surface area (Å²) < 4.78 is 15.0. The third kappa shape index (κ3) is 3.56. The van der Waals surface area contributed by atoms with E-state index in [9.17, 15) is 0 Å². The molecule has 1 aliphatic carbocycles. The van der Waals surface area contributed by atoms with Crippen molar-refractivity contribution in [1.82, 2.24) is 19.5 Å². The monoisotopic (exact) mass is 443 g/mol.